The lowest BCUT2D eigenvalue weighted by atomic mass is 10.1. The average molecular weight is 481 g/mol. The first-order valence-corrected chi connectivity index (χ1v) is 12.8. The molecule has 0 atom stereocenters. The van der Waals surface area contributed by atoms with Crippen molar-refractivity contribution in [2.75, 3.05) is 31.1 Å². The third-order valence-corrected chi connectivity index (χ3v) is 7.09. The fraction of sp³-hybridized carbons (Fsp3) is 0.296. The number of hydrogen-bond donors (Lipinski definition) is 0. The molecule has 0 radical (unpaired) electrons. The van der Waals surface area contributed by atoms with Gasteiger partial charge in [0, 0.05) is 25.8 Å². The van der Waals surface area contributed by atoms with Crippen LogP contribution in [0.1, 0.15) is 29.8 Å². The predicted octanol–water partition coefficient (Wildman–Crippen LogP) is 4.83. The molecule has 0 saturated heterocycles. The van der Waals surface area contributed by atoms with Crippen molar-refractivity contribution in [3.05, 3.63) is 96.1 Å². The normalized spacial score (nSPS) is 11.4. The summed E-state index contributed by atoms with van der Waals surface area (Å²) in [5.41, 5.74) is 1.76. The van der Waals surface area contributed by atoms with E-state index in [1.165, 1.54) is 16.4 Å². The highest BCUT2D eigenvalue weighted by Crippen LogP contribution is 2.26. The number of methoxy groups -OCH3 is 1. The van der Waals surface area contributed by atoms with Crippen molar-refractivity contribution >= 4 is 21.6 Å². The molecule has 3 rings (SSSR count). The fourth-order valence-corrected chi connectivity index (χ4v) is 5.18. The van der Waals surface area contributed by atoms with Crippen LogP contribution < -0.4 is 4.31 Å². The van der Waals surface area contributed by atoms with Gasteiger partial charge in [-0.3, -0.25) is 9.10 Å². The molecule has 180 valence electrons. The Morgan fingerprint density at radius 1 is 0.912 bits per heavy atom. The van der Waals surface area contributed by atoms with E-state index in [1.54, 1.807) is 36.3 Å². The first kappa shape index (κ1) is 25.5. The van der Waals surface area contributed by atoms with Gasteiger partial charge in [-0.15, -0.1) is 0 Å². The summed E-state index contributed by atoms with van der Waals surface area (Å²) in [6.45, 7) is 5.66. The van der Waals surface area contributed by atoms with Crippen molar-refractivity contribution in [1.29, 1.82) is 0 Å². The molecular formula is C27H32N2O4S. The van der Waals surface area contributed by atoms with Crippen LogP contribution in [0.25, 0.3) is 0 Å². The first-order chi connectivity index (χ1) is 16.3. The van der Waals surface area contributed by atoms with Crippen molar-refractivity contribution in [1.82, 2.24) is 4.90 Å². The van der Waals surface area contributed by atoms with Crippen LogP contribution >= 0.6 is 0 Å². The SMILES string of the molecule is COCCN(CC(C)C)C(=O)c1cccc(S(=O)(=O)N(Cc2ccccc2)c2ccccc2)c1. The number of benzene rings is 3. The Morgan fingerprint density at radius 3 is 2.18 bits per heavy atom. The van der Waals surface area contributed by atoms with Gasteiger partial charge in [-0.25, -0.2) is 8.42 Å². The maximum Gasteiger partial charge on any atom is 0.264 e. The van der Waals surface area contributed by atoms with Gasteiger partial charge in [-0.1, -0.05) is 68.4 Å². The number of anilines is 1. The Balaban J connectivity index is 1.98. The van der Waals surface area contributed by atoms with Crippen LogP contribution in [-0.2, 0) is 21.3 Å². The largest absolute Gasteiger partial charge is 0.383 e. The van der Waals surface area contributed by atoms with Gasteiger partial charge in [0.25, 0.3) is 15.9 Å². The minimum atomic E-state index is -3.94. The van der Waals surface area contributed by atoms with Crippen molar-refractivity contribution < 1.29 is 17.9 Å². The summed E-state index contributed by atoms with van der Waals surface area (Å²) in [5, 5.41) is 0. The molecule has 0 aliphatic heterocycles. The van der Waals surface area contributed by atoms with Gasteiger partial charge in [0.15, 0.2) is 0 Å². The Hall–Kier alpha value is -3.16. The highest BCUT2D eigenvalue weighted by molar-refractivity contribution is 7.92. The standard InChI is InChI=1S/C27H32N2O4S/c1-22(2)20-28(17-18-33-3)27(30)24-13-10-16-26(19-24)34(31,32)29(25-14-8-5-9-15-25)21-23-11-6-4-7-12-23/h4-16,19,22H,17-18,20-21H2,1-3H3. The van der Waals surface area contributed by atoms with Gasteiger partial charge < -0.3 is 9.64 Å². The van der Waals surface area contributed by atoms with E-state index in [1.807, 2.05) is 62.4 Å². The minimum absolute atomic E-state index is 0.0781. The van der Waals surface area contributed by atoms with E-state index >= 15 is 0 Å². The van der Waals surface area contributed by atoms with Crippen LogP contribution in [0.15, 0.2) is 89.8 Å². The number of ether oxygens (including phenoxy) is 1. The third-order valence-electron chi connectivity index (χ3n) is 5.32. The van der Waals surface area contributed by atoms with Crippen LogP contribution in [0.5, 0.6) is 0 Å². The maximum absolute atomic E-state index is 13.8. The monoisotopic (exact) mass is 480 g/mol. The second kappa shape index (κ2) is 11.8. The van der Waals surface area contributed by atoms with Gasteiger partial charge in [-0.2, -0.15) is 0 Å². The topological polar surface area (TPSA) is 66.9 Å². The van der Waals surface area contributed by atoms with E-state index in [9.17, 15) is 13.2 Å². The van der Waals surface area contributed by atoms with E-state index < -0.39 is 10.0 Å². The Labute approximate surface area is 202 Å². The number of hydrogen-bond acceptors (Lipinski definition) is 4. The summed E-state index contributed by atoms with van der Waals surface area (Å²) in [6.07, 6.45) is 0. The minimum Gasteiger partial charge on any atom is -0.383 e. The summed E-state index contributed by atoms with van der Waals surface area (Å²) >= 11 is 0. The van der Waals surface area contributed by atoms with Crippen LogP contribution in [0.4, 0.5) is 5.69 Å². The van der Waals surface area contributed by atoms with Gasteiger partial charge in [0.1, 0.15) is 0 Å². The molecule has 1 amide bonds. The zero-order chi connectivity index (χ0) is 24.6. The molecule has 3 aromatic carbocycles. The lowest BCUT2D eigenvalue weighted by Crippen LogP contribution is -2.37. The summed E-state index contributed by atoms with van der Waals surface area (Å²) < 4.78 is 34.2. The number of para-hydroxylation sites is 1. The molecule has 0 fully saturated rings. The molecule has 0 aliphatic carbocycles. The molecule has 7 heteroatoms. The number of rotatable bonds is 11. The Kier molecular flexibility index (Phi) is 8.85. The third kappa shape index (κ3) is 6.46. The van der Waals surface area contributed by atoms with Crippen LogP contribution in [0.2, 0.25) is 0 Å². The molecule has 0 N–H and O–H groups in total. The van der Waals surface area contributed by atoms with E-state index in [-0.39, 0.29) is 23.3 Å². The van der Waals surface area contributed by atoms with E-state index in [4.69, 9.17) is 4.74 Å². The lowest BCUT2D eigenvalue weighted by molar-refractivity contribution is 0.0672. The molecule has 0 spiro atoms. The number of carbonyl (C=O) groups excluding carboxylic acids is 1. The zero-order valence-electron chi connectivity index (χ0n) is 19.9. The van der Waals surface area contributed by atoms with E-state index in [0.717, 1.165) is 5.56 Å². The summed E-state index contributed by atoms with van der Waals surface area (Å²) in [4.78, 5) is 15.0. The van der Waals surface area contributed by atoms with Gasteiger partial charge in [0.2, 0.25) is 0 Å². The van der Waals surface area contributed by atoms with E-state index in [0.29, 0.717) is 30.9 Å². The summed E-state index contributed by atoms with van der Waals surface area (Å²) in [7, 11) is -2.34. The van der Waals surface area contributed by atoms with Crippen molar-refractivity contribution in [3.8, 4) is 0 Å². The van der Waals surface area contributed by atoms with Gasteiger partial charge in [0.05, 0.1) is 23.7 Å². The zero-order valence-corrected chi connectivity index (χ0v) is 20.7. The van der Waals surface area contributed by atoms with Crippen molar-refractivity contribution in [2.24, 2.45) is 5.92 Å². The molecule has 0 aliphatic rings. The molecular weight excluding hydrogens is 448 g/mol. The van der Waals surface area contributed by atoms with Gasteiger partial charge in [-0.05, 0) is 41.8 Å². The maximum atomic E-state index is 13.8. The quantitative estimate of drug-likeness (QED) is 0.394. The summed E-state index contributed by atoms with van der Waals surface area (Å²) in [6, 6.07) is 24.7. The number of sulfonamides is 1. The van der Waals surface area contributed by atoms with Crippen LogP contribution in [0, 0.1) is 5.92 Å². The molecule has 0 bridgehead atoms. The number of carbonyl (C=O) groups is 1. The van der Waals surface area contributed by atoms with Crippen LogP contribution in [-0.4, -0.2) is 46.0 Å². The van der Waals surface area contributed by atoms with Crippen molar-refractivity contribution in [3.63, 3.8) is 0 Å². The molecule has 0 heterocycles. The molecule has 34 heavy (non-hydrogen) atoms. The Morgan fingerprint density at radius 2 is 1.56 bits per heavy atom. The molecule has 0 unspecified atom stereocenters. The second-order valence-electron chi connectivity index (χ2n) is 8.50. The van der Waals surface area contributed by atoms with Crippen molar-refractivity contribution in [2.45, 2.75) is 25.3 Å². The van der Waals surface area contributed by atoms with E-state index in [2.05, 4.69) is 0 Å². The highest BCUT2D eigenvalue weighted by atomic mass is 32.2. The van der Waals surface area contributed by atoms with Crippen LogP contribution in [0.3, 0.4) is 0 Å². The predicted molar refractivity (Wildman–Crippen MR) is 135 cm³/mol. The number of nitrogens with zero attached hydrogens (tertiary/aromatic N) is 2. The smallest absolute Gasteiger partial charge is 0.264 e. The molecule has 3 aromatic rings. The second-order valence-corrected chi connectivity index (χ2v) is 10.4. The summed E-state index contributed by atoms with van der Waals surface area (Å²) in [5.74, 6) is 0.0595. The average Bonchev–Trinajstić information content (AvgIpc) is 2.85. The Bertz CT molecular complexity index is 1170. The van der Waals surface area contributed by atoms with Gasteiger partial charge >= 0.3 is 0 Å². The highest BCUT2D eigenvalue weighted by Gasteiger charge is 2.27. The lowest BCUT2D eigenvalue weighted by Gasteiger charge is -2.26. The first-order valence-electron chi connectivity index (χ1n) is 11.3. The number of amides is 1. The molecule has 6 nitrogen and oxygen atoms in total. The fourth-order valence-electron chi connectivity index (χ4n) is 3.68. The molecule has 0 aromatic heterocycles. The molecule has 0 saturated carbocycles.